The molecule has 0 N–H and O–H groups in total. The topological polar surface area (TPSA) is 85.4 Å². The number of allylic oxidation sites excluding steroid dienone is 1. The molecule has 2 rings (SSSR count). The molecule has 0 aliphatic carbocycles. The van der Waals surface area contributed by atoms with Gasteiger partial charge in [-0.05, 0) is 29.8 Å². The molecule has 116 valence electrons. The molecule has 0 heterocycles. The van der Waals surface area contributed by atoms with E-state index in [2.05, 4.69) is 6.07 Å². The molecule has 6 nitrogen and oxygen atoms in total. The Bertz CT molecular complexity index is 806. The number of nitro benzene ring substituents is 1. The molecule has 0 aliphatic heterocycles. The first-order valence-corrected chi connectivity index (χ1v) is 6.67. The van der Waals surface area contributed by atoms with Gasteiger partial charge in [-0.1, -0.05) is 12.1 Å². The minimum atomic E-state index is -0.495. The lowest BCUT2D eigenvalue weighted by Crippen LogP contribution is -1.92. The number of rotatable bonds is 5. The molecule has 2 aromatic carbocycles. The van der Waals surface area contributed by atoms with Crippen molar-refractivity contribution in [3.05, 3.63) is 63.7 Å². The largest absolute Gasteiger partial charge is 0.497 e. The van der Waals surface area contributed by atoms with Crippen LogP contribution in [0.3, 0.4) is 0 Å². The Morgan fingerprint density at radius 3 is 2.61 bits per heavy atom. The zero-order valence-corrected chi connectivity index (χ0v) is 12.6. The van der Waals surface area contributed by atoms with Gasteiger partial charge < -0.3 is 9.47 Å². The van der Waals surface area contributed by atoms with Gasteiger partial charge in [0.15, 0.2) is 0 Å². The second-order valence-corrected chi connectivity index (χ2v) is 4.59. The van der Waals surface area contributed by atoms with Crippen molar-refractivity contribution in [1.82, 2.24) is 0 Å². The summed E-state index contributed by atoms with van der Waals surface area (Å²) in [4.78, 5) is 10.4. The maximum atomic E-state index is 10.9. The number of hydrogen-bond acceptors (Lipinski definition) is 5. The van der Waals surface area contributed by atoms with Crippen molar-refractivity contribution in [2.45, 2.75) is 0 Å². The molecule has 0 bridgehead atoms. The number of hydrogen-bond donors (Lipinski definition) is 0. The van der Waals surface area contributed by atoms with Crippen molar-refractivity contribution in [3.63, 3.8) is 0 Å². The summed E-state index contributed by atoms with van der Waals surface area (Å²) in [5, 5.41) is 20.3. The van der Waals surface area contributed by atoms with Gasteiger partial charge in [0.1, 0.15) is 11.5 Å². The molecular weight excluding hydrogens is 296 g/mol. The van der Waals surface area contributed by atoms with Crippen LogP contribution < -0.4 is 9.47 Å². The summed E-state index contributed by atoms with van der Waals surface area (Å²) in [6.45, 7) is 0. The predicted molar refractivity (Wildman–Crippen MR) is 86.1 cm³/mol. The minimum Gasteiger partial charge on any atom is -0.497 e. The minimum absolute atomic E-state index is 0.0683. The highest BCUT2D eigenvalue weighted by Crippen LogP contribution is 2.29. The number of nitriles is 1. The normalized spacial score (nSPS) is 10.7. The van der Waals surface area contributed by atoms with Crippen LogP contribution in [0.1, 0.15) is 11.1 Å². The molecule has 2 aromatic rings. The highest BCUT2D eigenvalue weighted by molar-refractivity contribution is 5.91. The standard InChI is InChI=1S/C17H14N2O4/c1-22-16-6-7-17(23-2)13(10-16)8-14(11-18)12-4-3-5-15(9-12)19(20)21/h3-10H,1-2H3. The predicted octanol–water partition coefficient (Wildman–Crippen LogP) is 3.68. The quantitative estimate of drug-likeness (QED) is 0.364. The Balaban J connectivity index is 2.53. The smallest absolute Gasteiger partial charge is 0.270 e. The van der Waals surface area contributed by atoms with Crippen LogP contribution >= 0.6 is 0 Å². The number of methoxy groups -OCH3 is 2. The van der Waals surface area contributed by atoms with Crippen LogP contribution in [0.2, 0.25) is 0 Å². The van der Waals surface area contributed by atoms with Gasteiger partial charge in [0.05, 0.1) is 30.8 Å². The first-order chi connectivity index (χ1) is 11.1. The van der Waals surface area contributed by atoms with Gasteiger partial charge >= 0.3 is 0 Å². The third-order valence-electron chi connectivity index (χ3n) is 3.23. The van der Waals surface area contributed by atoms with Gasteiger partial charge in [-0.25, -0.2) is 0 Å². The van der Waals surface area contributed by atoms with Crippen molar-refractivity contribution in [1.29, 1.82) is 5.26 Å². The van der Waals surface area contributed by atoms with Gasteiger partial charge in [0.2, 0.25) is 0 Å². The van der Waals surface area contributed by atoms with Crippen LogP contribution in [-0.2, 0) is 0 Å². The van der Waals surface area contributed by atoms with Crippen LogP contribution in [0.25, 0.3) is 11.6 Å². The van der Waals surface area contributed by atoms with Gasteiger partial charge in [-0.2, -0.15) is 5.26 Å². The maximum Gasteiger partial charge on any atom is 0.270 e. The van der Waals surface area contributed by atoms with E-state index < -0.39 is 4.92 Å². The van der Waals surface area contributed by atoms with Crippen molar-refractivity contribution in [3.8, 4) is 17.6 Å². The van der Waals surface area contributed by atoms with E-state index in [0.717, 1.165) is 0 Å². The van der Waals surface area contributed by atoms with E-state index in [9.17, 15) is 15.4 Å². The van der Waals surface area contributed by atoms with E-state index in [1.54, 1.807) is 43.5 Å². The molecule has 0 saturated heterocycles. The molecule has 0 radical (unpaired) electrons. The lowest BCUT2D eigenvalue weighted by Gasteiger charge is -2.08. The van der Waals surface area contributed by atoms with Crippen molar-refractivity contribution in [2.75, 3.05) is 14.2 Å². The molecule has 23 heavy (non-hydrogen) atoms. The number of benzene rings is 2. The fourth-order valence-corrected chi connectivity index (χ4v) is 2.07. The number of nitro groups is 1. The van der Waals surface area contributed by atoms with Crippen molar-refractivity contribution < 1.29 is 14.4 Å². The summed E-state index contributed by atoms with van der Waals surface area (Å²) in [6, 6.07) is 13.2. The zero-order valence-electron chi connectivity index (χ0n) is 12.6. The summed E-state index contributed by atoms with van der Waals surface area (Å²) in [5.74, 6) is 1.19. The summed E-state index contributed by atoms with van der Waals surface area (Å²) >= 11 is 0. The van der Waals surface area contributed by atoms with Crippen LogP contribution in [0.5, 0.6) is 11.5 Å². The third kappa shape index (κ3) is 3.66. The van der Waals surface area contributed by atoms with Crippen molar-refractivity contribution in [2.24, 2.45) is 0 Å². The molecule has 0 aliphatic rings. The van der Waals surface area contributed by atoms with E-state index >= 15 is 0 Å². The Morgan fingerprint density at radius 1 is 1.22 bits per heavy atom. The second kappa shape index (κ2) is 7.09. The third-order valence-corrected chi connectivity index (χ3v) is 3.23. The van der Waals surface area contributed by atoms with E-state index in [-0.39, 0.29) is 5.69 Å². The number of ether oxygens (including phenoxy) is 2. The molecule has 0 atom stereocenters. The molecule has 0 amide bonds. The highest BCUT2D eigenvalue weighted by atomic mass is 16.6. The molecule has 0 unspecified atom stereocenters. The average Bonchev–Trinajstić information content (AvgIpc) is 2.59. The lowest BCUT2D eigenvalue weighted by molar-refractivity contribution is -0.384. The average molecular weight is 310 g/mol. The lowest BCUT2D eigenvalue weighted by atomic mass is 10.0. The van der Waals surface area contributed by atoms with Crippen molar-refractivity contribution >= 4 is 17.3 Å². The summed E-state index contributed by atoms with van der Waals surface area (Å²) < 4.78 is 10.4. The Labute approximate surface area is 133 Å². The first kappa shape index (κ1) is 16.0. The van der Waals surface area contributed by atoms with Gasteiger partial charge in [-0.15, -0.1) is 0 Å². The summed E-state index contributed by atoms with van der Waals surface area (Å²) in [6.07, 6.45) is 1.61. The van der Waals surface area contributed by atoms with Gasteiger partial charge in [0.25, 0.3) is 5.69 Å². The molecule has 0 spiro atoms. The fourth-order valence-electron chi connectivity index (χ4n) is 2.07. The van der Waals surface area contributed by atoms with Crippen LogP contribution in [-0.4, -0.2) is 19.1 Å². The van der Waals surface area contributed by atoms with Crippen LogP contribution in [0.15, 0.2) is 42.5 Å². The van der Waals surface area contributed by atoms with Crippen LogP contribution in [0, 0.1) is 21.4 Å². The Kier molecular flexibility index (Phi) is 4.95. The maximum absolute atomic E-state index is 10.9. The summed E-state index contributed by atoms with van der Waals surface area (Å²) in [7, 11) is 3.07. The molecule has 0 fully saturated rings. The van der Waals surface area contributed by atoms with E-state index in [1.807, 2.05) is 0 Å². The van der Waals surface area contributed by atoms with E-state index in [1.165, 1.54) is 19.2 Å². The monoisotopic (exact) mass is 310 g/mol. The zero-order chi connectivity index (χ0) is 16.8. The molecule has 6 heteroatoms. The molecule has 0 aromatic heterocycles. The van der Waals surface area contributed by atoms with E-state index in [0.29, 0.717) is 28.2 Å². The van der Waals surface area contributed by atoms with Gasteiger partial charge in [-0.3, -0.25) is 10.1 Å². The fraction of sp³-hybridized carbons (Fsp3) is 0.118. The van der Waals surface area contributed by atoms with Gasteiger partial charge in [0, 0.05) is 17.7 Å². The molecule has 0 saturated carbocycles. The number of non-ortho nitro benzene ring substituents is 1. The van der Waals surface area contributed by atoms with Crippen LogP contribution in [0.4, 0.5) is 5.69 Å². The highest BCUT2D eigenvalue weighted by Gasteiger charge is 2.10. The van der Waals surface area contributed by atoms with E-state index in [4.69, 9.17) is 9.47 Å². The Morgan fingerprint density at radius 2 is 2.00 bits per heavy atom. The summed E-state index contributed by atoms with van der Waals surface area (Å²) in [5.41, 5.74) is 1.34. The SMILES string of the molecule is COc1ccc(OC)c(C=C(C#N)c2cccc([N+](=O)[O-])c2)c1. The second-order valence-electron chi connectivity index (χ2n) is 4.59. The first-order valence-electron chi connectivity index (χ1n) is 6.67. The number of nitrogens with zero attached hydrogens (tertiary/aromatic N) is 2. The Hall–Kier alpha value is -3.33. The molecular formula is C17H14N2O4.